The Labute approximate surface area is 98.9 Å². The summed E-state index contributed by atoms with van der Waals surface area (Å²) in [6, 6.07) is 12.3. The number of benzene rings is 1. The van der Waals surface area contributed by atoms with Crippen LogP contribution in [0.4, 0.5) is 0 Å². The molecule has 2 aromatic rings. The zero-order valence-corrected chi connectivity index (χ0v) is 9.48. The van der Waals surface area contributed by atoms with Crippen molar-refractivity contribution in [1.82, 2.24) is 4.98 Å². The third-order valence-corrected chi connectivity index (χ3v) is 3.64. The van der Waals surface area contributed by atoms with E-state index in [0.29, 0.717) is 5.25 Å². The molecule has 0 aliphatic carbocycles. The summed E-state index contributed by atoms with van der Waals surface area (Å²) in [6.45, 7) is 0. The van der Waals surface area contributed by atoms with Crippen LogP contribution in [0, 0.1) is 0 Å². The first-order valence-corrected chi connectivity index (χ1v) is 6.05. The molecule has 1 aliphatic rings. The average Bonchev–Trinajstić information content (AvgIpc) is 2.39. The quantitative estimate of drug-likeness (QED) is 0.700. The van der Waals surface area contributed by atoms with E-state index in [0.717, 1.165) is 12.2 Å². The van der Waals surface area contributed by atoms with Gasteiger partial charge in [-0.2, -0.15) is 0 Å². The van der Waals surface area contributed by atoms with E-state index >= 15 is 0 Å². The van der Waals surface area contributed by atoms with Crippen molar-refractivity contribution in [2.24, 2.45) is 0 Å². The van der Waals surface area contributed by atoms with Crippen LogP contribution in [-0.2, 0) is 6.42 Å². The summed E-state index contributed by atoms with van der Waals surface area (Å²) in [4.78, 5) is 4.15. The molecule has 0 spiro atoms. The van der Waals surface area contributed by atoms with Crippen molar-refractivity contribution in [1.29, 1.82) is 0 Å². The van der Waals surface area contributed by atoms with E-state index in [1.165, 1.54) is 23.2 Å². The summed E-state index contributed by atoms with van der Waals surface area (Å²) in [5, 5.41) is 0.351. The molecule has 3 rings (SSSR count). The zero-order chi connectivity index (χ0) is 10.8. The highest BCUT2D eigenvalue weighted by molar-refractivity contribution is 7.95. The standard InChI is InChI=1S/C13H11NOS/c1-2-6-12-10(4-1)8-13(16-15-12)11-5-3-7-14-9-11/h1-7,9,13H,8H2. The predicted octanol–water partition coefficient (Wildman–Crippen LogP) is 3.41. The number of rotatable bonds is 1. The molecule has 1 aliphatic heterocycles. The Hall–Kier alpha value is -1.48. The minimum atomic E-state index is 0.351. The Morgan fingerprint density at radius 1 is 1.19 bits per heavy atom. The number of nitrogens with zero attached hydrogens (tertiary/aromatic N) is 1. The number of para-hydroxylation sites is 1. The van der Waals surface area contributed by atoms with Gasteiger partial charge in [-0.25, -0.2) is 0 Å². The molecule has 3 heteroatoms. The van der Waals surface area contributed by atoms with Crippen LogP contribution in [0.3, 0.4) is 0 Å². The topological polar surface area (TPSA) is 22.1 Å². The highest BCUT2D eigenvalue weighted by atomic mass is 32.2. The van der Waals surface area contributed by atoms with Gasteiger partial charge in [0.2, 0.25) is 0 Å². The summed E-state index contributed by atoms with van der Waals surface area (Å²) in [6.07, 6.45) is 4.72. The van der Waals surface area contributed by atoms with Crippen LogP contribution < -0.4 is 4.18 Å². The first kappa shape index (κ1) is 9.73. The van der Waals surface area contributed by atoms with Crippen LogP contribution in [-0.4, -0.2) is 4.98 Å². The third kappa shape index (κ3) is 1.78. The molecular formula is C13H11NOS. The van der Waals surface area contributed by atoms with Gasteiger partial charge in [0.05, 0.1) is 17.3 Å². The molecule has 0 N–H and O–H groups in total. The largest absolute Gasteiger partial charge is 0.425 e. The average molecular weight is 229 g/mol. The maximum Gasteiger partial charge on any atom is 0.140 e. The molecule has 0 radical (unpaired) electrons. The van der Waals surface area contributed by atoms with E-state index in [1.54, 1.807) is 6.20 Å². The van der Waals surface area contributed by atoms with Gasteiger partial charge >= 0.3 is 0 Å². The molecule has 80 valence electrons. The van der Waals surface area contributed by atoms with Gasteiger partial charge in [-0.1, -0.05) is 24.3 Å². The summed E-state index contributed by atoms with van der Waals surface area (Å²) < 4.78 is 5.68. The van der Waals surface area contributed by atoms with E-state index in [2.05, 4.69) is 23.2 Å². The van der Waals surface area contributed by atoms with Crippen molar-refractivity contribution in [2.75, 3.05) is 0 Å². The number of aromatic nitrogens is 1. The molecule has 1 aromatic heterocycles. The van der Waals surface area contributed by atoms with Gasteiger partial charge in [-0.15, -0.1) is 0 Å². The second-order valence-electron chi connectivity index (χ2n) is 3.77. The van der Waals surface area contributed by atoms with Gasteiger partial charge in [0, 0.05) is 12.4 Å². The first-order valence-electron chi connectivity index (χ1n) is 5.24. The van der Waals surface area contributed by atoms with E-state index in [-0.39, 0.29) is 0 Å². The van der Waals surface area contributed by atoms with E-state index in [9.17, 15) is 0 Å². The lowest BCUT2D eigenvalue weighted by atomic mass is 10.0. The van der Waals surface area contributed by atoms with Crippen LogP contribution in [0.1, 0.15) is 16.4 Å². The van der Waals surface area contributed by atoms with Gasteiger partial charge < -0.3 is 4.18 Å². The normalized spacial score (nSPS) is 18.6. The van der Waals surface area contributed by atoms with Crippen molar-refractivity contribution >= 4 is 12.0 Å². The van der Waals surface area contributed by atoms with Gasteiger partial charge in [0.1, 0.15) is 5.75 Å². The monoisotopic (exact) mass is 229 g/mol. The lowest BCUT2D eigenvalue weighted by Crippen LogP contribution is -2.07. The highest BCUT2D eigenvalue weighted by Gasteiger charge is 2.22. The fraction of sp³-hybridized carbons (Fsp3) is 0.154. The van der Waals surface area contributed by atoms with Crippen molar-refractivity contribution < 1.29 is 4.18 Å². The second-order valence-corrected chi connectivity index (χ2v) is 4.69. The molecule has 1 unspecified atom stereocenters. The van der Waals surface area contributed by atoms with Crippen molar-refractivity contribution in [3.8, 4) is 5.75 Å². The lowest BCUT2D eigenvalue weighted by molar-refractivity contribution is 0.598. The smallest absolute Gasteiger partial charge is 0.140 e. The van der Waals surface area contributed by atoms with E-state index in [1.807, 2.05) is 24.4 Å². The van der Waals surface area contributed by atoms with E-state index < -0.39 is 0 Å². The molecule has 0 bridgehead atoms. The van der Waals surface area contributed by atoms with Crippen LogP contribution in [0.25, 0.3) is 0 Å². The first-order chi connectivity index (χ1) is 7.93. The van der Waals surface area contributed by atoms with Gasteiger partial charge in [0.25, 0.3) is 0 Å². The molecule has 0 amide bonds. The fourth-order valence-corrected chi connectivity index (χ4v) is 2.72. The van der Waals surface area contributed by atoms with Gasteiger partial charge in [0.15, 0.2) is 0 Å². The van der Waals surface area contributed by atoms with Crippen LogP contribution >= 0.6 is 12.0 Å². The SMILES string of the molecule is c1cncc(C2Cc3ccccc3OS2)c1. The molecule has 0 fully saturated rings. The molecule has 1 atom stereocenters. The van der Waals surface area contributed by atoms with Crippen LogP contribution in [0.2, 0.25) is 0 Å². The minimum absolute atomic E-state index is 0.351. The van der Waals surface area contributed by atoms with E-state index in [4.69, 9.17) is 4.18 Å². The molecule has 0 saturated heterocycles. The lowest BCUT2D eigenvalue weighted by Gasteiger charge is -2.23. The summed E-state index contributed by atoms with van der Waals surface area (Å²) >= 11 is 1.52. The Bertz CT molecular complexity index is 486. The third-order valence-electron chi connectivity index (χ3n) is 2.69. The molecule has 2 heterocycles. The Kier molecular flexibility index (Phi) is 2.54. The van der Waals surface area contributed by atoms with Gasteiger partial charge in [-0.3, -0.25) is 4.98 Å². The van der Waals surface area contributed by atoms with Crippen LogP contribution in [0.15, 0.2) is 48.8 Å². The molecule has 16 heavy (non-hydrogen) atoms. The number of hydrogen-bond donors (Lipinski definition) is 0. The molecule has 2 nitrogen and oxygen atoms in total. The number of pyridine rings is 1. The number of fused-ring (bicyclic) bond motifs is 1. The fourth-order valence-electron chi connectivity index (χ4n) is 1.84. The molecule has 1 aromatic carbocycles. The minimum Gasteiger partial charge on any atom is -0.425 e. The van der Waals surface area contributed by atoms with Crippen molar-refractivity contribution in [3.63, 3.8) is 0 Å². The van der Waals surface area contributed by atoms with Crippen molar-refractivity contribution in [3.05, 3.63) is 59.9 Å². The summed E-state index contributed by atoms with van der Waals surface area (Å²) in [5.74, 6) is 0.993. The summed E-state index contributed by atoms with van der Waals surface area (Å²) in [5.41, 5.74) is 2.50. The second kappa shape index (κ2) is 4.18. The maximum absolute atomic E-state index is 5.68. The number of hydrogen-bond acceptors (Lipinski definition) is 3. The van der Waals surface area contributed by atoms with Crippen molar-refractivity contribution in [2.45, 2.75) is 11.7 Å². The van der Waals surface area contributed by atoms with Crippen LogP contribution in [0.5, 0.6) is 5.75 Å². The Balaban J connectivity index is 1.89. The summed E-state index contributed by atoms with van der Waals surface area (Å²) in [7, 11) is 0. The Morgan fingerprint density at radius 3 is 3.00 bits per heavy atom. The zero-order valence-electron chi connectivity index (χ0n) is 8.67. The highest BCUT2D eigenvalue weighted by Crippen LogP contribution is 2.41. The Morgan fingerprint density at radius 2 is 2.12 bits per heavy atom. The predicted molar refractivity (Wildman–Crippen MR) is 65.3 cm³/mol. The van der Waals surface area contributed by atoms with Gasteiger partial charge in [-0.05, 0) is 29.7 Å². The maximum atomic E-state index is 5.68. The molecule has 0 saturated carbocycles. The molecular weight excluding hydrogens is 218 g/mol.